The van der Waals surface area contributed by atoms with Crippen LogP contribution in [0.25, 0.3) is 6.08 Å². The Hall–Kier alpha value is -2.95. The number of nitrogens with one attached hydrogen (secondary N) is 2. The van der Waals surface area contributed by atoms with Crippen LogP contribution in [0.1, 0.15) is 48.3 Å². The van der Waals surface area contributed by atoms with Gasteiger partial charge in [0.1, 0.15) is 5.76 Å². The van der Waals surface area contributed by atoms with Crippen molar-refractivity contribution in [2.75, 3.05) is 5.32 Å². The molecule has 0 aliphatic rings. The van der Waals surface area contributed by atoms with Crippen LogP contribution in [0.2, 0.25) is 0 Å². The minimum atomic E-state index is -0.651. The lowest BCUT2D eigenvalue weighted by atomic mass is 9.94. The van der Waals surface area contributed by atoms with Gasteiger partial charge in [0.15, 0.2) is 5.13 Å². The molecular formula is C21H22N4O4S2. The smallest absolute Gasteiger partial charge is 0.267 e. The van der Waals surface area contributed by atoms with Crippen molar-refractivity contribution >= 4 is 46.1 Å². The van der Waals surface area contributed by atoms with Gasteiger partial charge in [-0.25, -0.2) is 15.4 Å². The number of hydrogen-bond acceptors (Lipinski definition) is 8. The molecule has 2 aromatic heterocycles. The fourth-order valence-corrected chi connectivity index (χ4v) is 4.12. The van der Waals surface area contributed by atoms with Crippen LogP contribution in [0.15, 0.2) is 51.4 Å². The number of benzene rings is 1. The summed E-state index contributed by atoms with van der Waals surface area (Å²) in [6.07, 6.45) is 6.12. The minimum Gasteiger partial charge on any atom is -0.444 e. The summed E-state index contributed by atoms with van der Waals surface area (Å²) in [4.78, 5) is 32.2. The van der Waals surface area contributed by atoms with Gasteiger partial charge in [-0.05, 0) is 23.8 Å². The topological polar surface area (TPSA) is 117 Å². The maximum absolute atomic E-state index is 12.5. The highest BCUT2D eigenvalue weighted by atomic mass is 32.2. The Morgan fingerprint density at radius 3 is 2.77 bits per heavy atom. The summed E-state index contributed by atoms with van der Waals surface area (Å²) >= 11 is 2.90. The highest BCUT2D eigenvalue weighted by molar-refractivity contribution is 8.00. The molecule has 0 unspecified atom stereocenters. The number of carbonyl (C=O) groups is 2. The van der Waals surface area contributed by atoms with Crippen LogP contribution in [-0.2, 0) is 16.0 Å². The second-order valence-electron chi connectivity index (χ2n) is 7.53. The molecule has 3 aromatic rings. The van der Waals surface area contributed by atoms with E-state index in [2.05, 4.69) is 36.1 Å². The molecule has 0 saturated heterocycles. The van der Waals surface area contributed by atoms with Crippen LogP contribution in [0.3, 0.4) is 0 Å². The highest BCUT2D eigenvalue weighted by Gasteiger charge is 2.19. The van der Waals surface area contributed by atoms with Gasteiger partial charge in [-0.15, -0.1) is 11.8 Å². The van der Waals surface area contributed by atoms with Gasteiger partial charge < -0.3 is 4.42 Å². The normalized spacial score (nSPS) is 11.6. The molecule has 8 nitrogen and oxygen atoms in total. The zero-order valence-electron chi connectivity index (χ0n) is 17.2. The van der Waals surface area contributed by atoms with Crippen molar-refractivity contribution in [3.05, 3.63) is 65.5 Å². The summed E-state index contributed by atoms with van der Waals surface area (Å²) < 4.78 is 6.72. The third-order valence-corrected chi connectivity index (χ3v) is 6.11. The molecule has 0 bridgehead atoms. The maximum atomic E-state index is 12.5. The monoisotopic (exact) mass is 458 g/mol. The predicted octanol–water partition coefficient (Wildman–Crippen LogP) is 4.49. The lowest BCUT2D eigenvalue weighted by Gasteiger charge is -2.12. The fraction of sp³-hybridized carbons (Fsp3) is 0.238. The van der Waals surface area contributed by atoms with Crippen molar-refractivity contribution in [3.8, 4) is 0 Å². The van der Waals surface area contributed by atoms with Gasteiger partial charge in [0.2, 0.25) is 5.89 Å². The van der Waals surface area contributed by atoms with Crippen LogP contribution >= 0.6 is 23.1 Å². The second-order valence-corrected chi connectivity index (χ2v) is 9.84. The number of oxazole rings is 1. The summed E-state index contributed by atoms with van der Waals surface area (Å²) in [5.41, 5.74) is 2.49. The third kappa shape index (κ3) is 6.51. The molecule has 31 heavy (non-hydrogen) atoms. The van der Waals surface area contributed by atoms with Gasteiger partial charge in [-0.3, -0.25) is 20.1 Å². The summed E-state index contributed by atoms with van der Waals surface area (Å²) in [6.45, 7) is 6.21. The Morgan fingerprint density at radius 1 is 1.26 bits per heavy atom. The number of hydrogen-bond donors (Lipinski definition) is 3. The van der Waals surface area contributed by atoms with Crippen molar-refractivity contribution in [3.63, 3.8) is 0 Å². The lowest BCUT2D eigenvalue weighted by molar-refractivity contribution is -0.124. The van der Waals surface area contributed by atoms with Crippen molar-refractivity contribution in [1.82, 2.24) is 15.4 Å². The molecule has 0 aliphatic heterocycles. The van der Waals surface area contributed by atoms with E-state index in [0.717, 1.165) is 9.97 Å². The molecule has 3 N–H and O–H groups in total. The van der Waals surface area contributed by atoms with Crippen LogP contribution in [-0.4, -0.2) is 27.0 Å². The third-order valence-electron chi connectivity index (χ3n) is 4.02. The number of amides is 2. The first-order chi connectivity index (χ1) is 14.7. The number of thiazole rings is 1. The number of nitrogens with zero attached hydrogens (tertiary/aromatic N) is 2. The molecule has 0 aliphatic carbocycles. The zero-order chi connectivity index (χ0) is 22.4. The highest BCUT2D eigenvalue weighted by Crippen LogP contribution is 2.32. The van der Waals surface area contributed by atoms with Gasteiger partial charge in [0.25, 0.3) is 11.8 Å². The Kier molecular flexibility index (Phi) is 7.26. The quantitative estimate of drug-likeness (QED) is 0.207. The van der Waals surface area contributed by atoms with Crippen molar-refractivity contribution < 1.29 is 19.2 Å². The van der Waals surface area contributed by atoms with E-state index in [1.165, 1.54) is 40.7 Å². The van der Waals surface area contributed by atoms with E-state index in [0.29, 0.717) is 27.9 Å². The Balaban J connectivity index is 1.58. The number of carbonyl (C=O) groups excluding carboxylic acids is 2. The van der Waals surface area contributed by atoms with Crippen molar-refractivity contribution in [2.45, 2.75) is 36.1 Å². The van der Waals surface area contributed by atoms with Crippen LogP contribution in [0.5, 0.6) is 0 Å². The van der Waals surface area contributed by atoms with Crippen LogP contribution < -0.4 is 10.8 Å². The molecule has 0 fully saturated rings. The van der Waals surface area contributed by atoms with Gasteiger partial charge in [-0.1, -0.05) is 44.2 Å². The molecule has 0 radical (unpaired) electrons. The summed E-state index contributed by atoms with van der Waals surface area (Å²) in [5, 5.41) is 11.8. The van der Waals surface area contributed by atoms with E-state index >= 15 is 0 Å². The molecule has 1 aromatic carbocycles. The van der Waals surface area contributed by atoms with Gasteiger partial charge in [-0.2, -0.15) is 0 Å². The summed E-state index contributed by atoms with van der Waals surface area (Å²) in [7, 11) is 0. The average Bonchev–Trinajstić information content (AvgIpc) is 3.40. The van der Waals surface area contributed by atoms with Gasteiger partial charge in [0, 0.05) is 17.1 Å². The van der Waals surface area contributed by atoms with Crippen molar-refractivity contribution in [1.29, 1.82) is 0 Å². The molecule has 162 valence electrons. The minimum absolute atomic E-state index is 0.0871. The first-order valence-corrected chi connectivity index (χ1v) is 11.1. The zero-order valence-corrected chi connectivity index (χ0v) is 18.8. The number of anilines is 1. The van der Waals surface area contributed by atoms with E-state index in [4.69, 9.17) is 9.62 Å². The number of thioether (sulfide) groups is 1. The van der Waals surface area contributed by atoms with Crippen LogP contribution in [0.4, 0.5) is 5.13 Å². The fourth-order valence-electron chi connectivity index (χ4n) is 2.40. The molecular weight excluding hydrogens is 436 g/mol. The van der Waals surface area contributed by atoms with E-state index in [-0.39, 0.29) is 11.3 Å². The Morgan fingerprint density at radius 2 is 2.06 bits per heavy atom. The first-order valence-electron chi connectivity index (χ1n) is 9.32. The number of hydroxylamine groups is 1. The largest absolute Gasteiger partial charge is 0.444 e. The molecule has 0 saturated carbocycles. The van der Waals surface area contributed by atoms with Gasteiger partial charge >= 0.3 is 0 Å². The molecule has 2 heterocycles. The first kappa shape index (κ1) is 22.7. The van der Waals surface area contributed by atoms with Crippen molar-refractivity contribution in [2.24, 2.45) is 0 Å². The molecule has 2 amide bonds. The molecule has 0 atom stereocenters. The SMILES string of the molecule is CC(C)(C)c1cnc(CSc2cnc(NC(=O)c3cccc(/C=C/C(=O)NO)c3)s2)o1. The number of rotatable bonds is 7. The lowest BCUT2D eigenvalue weighted by Crippen LogP contribution is -2.14. The molecule has 0 spiro atoms. The molecule has 3 rings (SSSR count). The number of aromatic nitrogens is 2. The van der Waals surface area contributed by atoms with E-state index in [9.17, 15) is 9.59 Å². The summed E-state index contributed by atoms with van der Waals surface area (Å²) in [6, 6.07) is 6.74. The summed E-state index contributed by atoms with van der Waals surface area (Å²) in [5.74, 6) is 1.10. The maximum Gasteiger partial charge on any atom is 0.267 e. The Bertz CT molecular complexity index is 1100. The van der Waals surface area contributed by atoms with Gasteiger partial charge in [0.05, 0.1) is 22.4 Å². The van der Waals surface area contributed by atoms with E-state index in [1.54, 1.807) is 36.7 Å². The standard InChI is InChI=1S/C21H22N4O4S2/c1-21(2,3)15-10-22-17(29-15)12-30-18-11-23-20(31-18)24-19(27)14-6-4-5-13(9-14)7-8-16(26)25-28/h4-11,28H,12H2,1-3H3,(H,25,26)(H,23,24,27)/b8-7+. The predicted molar refractivity (Wildman–Crippen MR) is 120 cm³/mol. The van der Waals surface area contributed by atoms with Crippen LogP contribution in [0, 0.1) is 0 Å². The molecule has 10 heteroatoms. The van der Waals surface area contributed by atoms with E-state index < -0.39 is 5.91 Å². The Labute approximate surface area is 187 Å². The second kappa shape index (κ2) is 9.90. The average molecular weight is 459 g/mol. The van der Waals surface area contributed by atoms with E-state index in [1.807, 2.05) is 0 Å².